The van der Waals surface area contributed by atoms with Crippen LogP contribution in [0.4, 0.5) is 0 Å². The van der Waals surface area contributed by atoms with Crippen LogP contribution in [0.1, 0.15) is 42.5 Å². The Morgan fingerprint density at radius 3 is 1.89 bits per heavy atom. The van der Waals surface area contributed by atoms with Crippen LogP contribution in [0.25, 0.3) is 0 Å². The minimum atomic E-state index is 0. The lowest BCUT2D eigenvalue weighted by molar-refractivity contribution is 1.31. The SMILES string of the molecule is C.C.C=C/C=C(C(\C)=C/C)/C(C=C)=C(C)/C=C\C. The fourth-order valence-electron chi connectivity index (χ4n) is 1.53. The predicted molar refractivity (Wildman–Crippen MR) is 88.9 cm³/mol. The molecular weight excluding hydrogens is 216 g/mol. The van der Waals surface area contributed by atoms with Crippen LogP contribution in [0.2, 0.25) is 0 Å². The van der Waals surface area contributed by atoms with E-state index in [1.54, 1.807) is 0 Å². The third-order valence-corrected chi connectivity index (χ3v) is 2.48. The summed E-state index contributed by atoms with van der Waals surface area (Å²) in [5.74, 6) is 0. The van der Waals surface area contributed by atoms with E-state index in [0.29, 0.717) is 0 Å². The molecule has 102 valence electrons. The summed E-state index contributed by atoms with van der Waals surface area (Å²) in [6.45, 7) is 15.9. The average Bonchev–Trinajstić information content (AvgIpc) is 2.28. The zero-order chi connectivity index (χ0) is 12.6. The highest BCUT2D eigenvalue weighted by molar-refractivity contribution is 5.55. The first-order chi connectivity index (χ1) is 7.62. The van der Waals surface area contributed by atoms with Gasteiger partial charge < -0.3 is 0 Å². The lowest BCUT2D eigenvalue weighted by Gasteiger charge is -2.11. The van der Waals surface area contributed by atoms with Crippen LogP contribution in [-0.2, 0) is 0 Å². The molecule has 0 radical (unpaired) electrons. The number of rotatable bonds is 5. The van der Waals surface area contributed by atoms with E-state index in [-0.39, 0.29) is 14.9 Å². The standard InChI is InChI=1S/C16H22.2CH4/c1-7-11-14(6)15(10-4)16(12-8-2)13(5)9-3;;/h7-12H,2,4H2,1,3,5-6H3;2*1H4/b11-7-,13-9-,15-14+,16-12+;;. The van der Waals surface area contributed by atoms with E-state index in [2.05, 4.69) is 39.2 Å². The van der Waals surface area contributed by atoms with Crippen molar-refractivity contribution in [3.8, 4) is 0 Å². The fraction of sp³-hybridized carbons (Fsp3) is 0.333. The van der Waals surface area contributed by atoms with Crippen molar-refractivity contribution in [1.29, 1.82) is 0 Å². The molecule has 0 atom stereocenters. The minimum absolute atomic E-state index is 0. The topological polar surface area (TPSA) is 0 Å². The van der Waals surface area contributed by atoms with E-state index in [1.807, 2.05) is 38.2 Å². The van der Waals surface area contributed by atoms with E-state index < -0.39 is 0 Å². The second-order valence-corrected chi connectivity index (χ2v) is 3.59. The second kappa shape index (κ2) is 11.9. The van der Waals surface area contributed by atoms with E-state index in [1.165, 1.54) is 16.7 Å². The molecule has 0 heteroatoms. The van der Waals surface area contributed by atoms with Gasteiger partial charge in [0.1, 0.15) is 0 Å². The van der Waals surface area contributed by atoms with Gasteiger partial charge >= 0.3 is 0 Å². The molecule has 0 N–H and O–H groups in total. The van der Waals surface area contributed by atoms with Crippen molar-refractivity contribution in [2.24, 2.45) is 0 Å². The molecule has 0 fully saturated rings. The molecule has 0 saturated carbocycles. The Morgan fingerprint density at radius 2 is 1.56 bits per heavy atom. The van der Waals surface area contributed by atoms with Crippen LogP contribution >= 0.6 is 0 Å². The van der Waals surface area contributed by atoms with Gasteiger partial charge in [0, 0.05) is 0 Å². The van der Waals surface area contributed by atoms with Gasteiger partial charge in [0.15, 0.2) is 0 Å². The summed E-state index contributed by atoms with van der Waals surface area (Å²) in [5.41, 5.74) is 4.79. The highest BCUT2D eigenvalue weighted by atomic mass is 14.1. The Hall–Kier alpha value is -1.56. The van der Waals surface area contributed by atoms with Crippen LogP contribution in [0.15, 0.2) is 71.9 Å². The first kappa shape index (κ1) is 21.7. The van der Waals surface area contributed by atoms with Gasteiger partial charge in [-0.3, -0.25) is 0 Å². The summed E-state index contributed by atoms with van der Waals surface area (Å²) < 4.78 is 0. The van der Waals surface area contributed by atoms with E-state index in [0.717, 1.165) is 5.57 Å². The van der Waals surface area contributed by atoms with Crippen molar-refractivity contribution in [3.05, 3.63) is 71.9 Å². The number of hydrogen-bond acceptors (Lipinski definition) is 0. The van der Waals surface area contributed by atoms with Gasteiger partial charge in [-0.2, -0.15) is 0 Å². The van der Waals surface area contributed by atoms with Gasteiger partial charge in [0.05, 0.1) is 0 Å². The van der Waals surface area contributed by atoms with E-state index in [9.17, 15) is 0 Å². The van der Waals surface area contributed by atoms with Crippen molar-refractivity contribution in [1.82, 2.24) is 0 Å². The lowest BCUT2D eigenvalue weighted by atomic mass is 9.94. The molecule has 0 bridgehead atoms. The molecule has 0 aliphatic carbocycles. The van der Waals surface area contributed by atoms with Gasteiger partial charge in [-0.1, -0.05) is 64.5 Å². The Bertz CT molecular complexity index is 371. The molecule has 0 heterocycles. The van der Waals surface area contributed by atoms with E-state index >= 15 is 0 Å². The Balaban J connectivity index is -0.00000112. The maximum Gasteiger partial charge on any atom is -0.0156 e. The molecule has 0 aromatic heterocycles. The summed E-state index contributed by atoms with van der Waals surface area (Å²) in [6, 6.07) is 0. The molecule has 0 unspecified atom stereocenters. The Kier molecular flexibility index (Phi) is 14.4. The number of allylic oxidation sites excluding steroid dienone is 10. The van der Waals surface area contributed by atoms with Gasteiger partial charge in [-0.25, -0.2) is 0 Å². The normalized spacial score (nSPS) is 13.3. The monoisotopic (exact) mass is 246 g/mol. The summed E-state index contributed by atoms with van der Waals surface area (Å²) in [4.78, 5) is 0. The summed E-state index contributed by atoms with van der Waals surface area (Å²) >= 11 is 0. The largest absolute Gasteiger partial charge is 0.0990 e. The Labute approximate surface area is 115 Å². The van der Waals surface area contributed by atoms with Crippen molar-refractivity contribution in [3.63, 3.8) is 0 Å². The quantitative estimate of drug-likeness (QED) is 0.491. The molecule has 0 aliphatic rings. The zero-order valence-electron chi connectivity index (χ0n) is 10.9. The smallest absolute Gasteiger partial charge is 0.0156 e. The molecule has 0 spiro atoms. The van der Waals surface area contributed by atoms with Gasteiger partial charge in [-0.05, 0) is 50.0 Å². The van der Waals surface area contributed by atoms with Gasteiger partial charge in [0.2, 0.25) is 0 Å². The third kappa shape index (κ3) is 6.24. The summed E-state index contributed by atoms with van der Waals surface area (Å²) in [5, 5.41) is 0. The summed E-state index contributed by atoms with van der Waals surface area (Å²) in [7, 11) is 0. The van der Waals surface area contributed by atoms with Crippen LogP contribution < -0.4 is 0 Å². The van der Waals surface area contributed by atoms with Crippen molar-refractivity contribution in [2.45, 2.75) is 42.5 Å². The molecule has 0 amide bonds. The maximum atomic E-state index is 3.89. The van der Waals surface area contributed by atoms with Crippen LogP contribution in [0.5, 0.6) is 0 Å². The maximum absolute atomic E-state index is 3.89. The van der Waals surface area contributed by atoms with Crippen LogP contribution in [-0.4, -0.2) is 0 Å². The van der Waals surface area contributed by atoms with Crippen molar-refractivity contribution < 1.29 is 0 Å². The highest BCUT2D eigenvalue weighted by Crippen LogP contribution is 2.24. The zero-order valence-corrected chi connectivity index (χ0v) is 10.9. The van der Waals surface area contributed by atoms with Crippen LogP contribution in [0, 0.1) is 0 Å². The second-order valence-electron chi connectivity index (χ2n) is 3.59. The van der Waals surface area contributed by atoms with Crippen LogP contribution in [0.3, 0.4) is 0 Å². The number of hydrogen-bond donors (Lipinski definition) is 0. The first-order valence-corrected chi connectivity index (χ1v) is 5.54. The minimum Gasteiger partial charge on any atom is -0.0990 e. The fourth-order valence-corrected chi connectivity index (χ4v) is 1.53. The Morgan fingerprint density at radius 1 is 1.00 bits per heavy atom. The molecule has 0 aromatic rings. The predicted octanol–water partition coefficient (Wildman–Crippen LogP) is 6.42. The molecule has 0 aliphatic heterocycles. The van der Waals surface area contributed by atoms with E-state index in [4.69, 9.17) is 0 Å². The molecule has 0 nitrogen and oxygen atoms in total. The van der Waals surface area contributed by atoms with Gasteiger partial charge in [-0.15, -0.1) is 0 Å². The molecular formula is C18H30. The third-order valence-electron chi connectivity index (χ3n) is 2.48. The van der Waals surface area contributed by atoms with Crippen molar-refractivity contribution >= 4 is 0 Å². The lowest BCUT2D eigenvalue weighted by Crippen LogP contribution is -1.92. The highest BCUT2D eigenvalue weighted by Gasteiger charge is 2.05. The average molecular weight is 246 g/mol. The first-order valence-electron chi connectivity index (χ1n) is 5.54. The van der Waals surface area contributed by atoms with Crippen molar-refractivity contribution in [2.75, 3.05) is 0 Å². The molecule has 18 heavy (non-hydrogen) atoms. The summed E-state index contributed by atoms with van der Waals surface area (Å²) in [6.07, 6.45) is 12.0. The molecule has 0 aromatic carbocycles. The van der Waals surface area contributed by atoms with Gasteiger partial charge in [0.25, 0.3) is 0 Å². The molecule has 0 rings (SSSR count). The molecule has 0 saturated heterocycles.